The summed E-state index contributed by atoms with van der Waals surface area (Å²) in [5.74, 6) is 0. The van der Waals surface area contributed by atoms with E-state index in [1.807, 2.05) is 21.1 Å². The third kappa shape index (κ3) is 1.90. The summed E-state index contributed by atoms with van der Waals surface area (Å²) in [6, 6.07) is 4.32. The maximum absolute atomic E-state index is 3.38. The highest BCUT2D eigenvalue weighted by Crippen LogP contribution is 2.44. The molecular formula is C14H22N3Si. The van der Waals surface area contributed by atoms with E-state index in [-0.39, 0.29) is 0 Å². The van der Waals surface area contributed by atoms with E-state index in [1.54, 1.807) is 0 Å². The van der Waals surface area contributed by atoms with E-state index in [9.17, 15) is 0 Å². The molecule has 0 aromatic heterocycles. The largest absolute Gasteiger partial charge is 0.391 e. The average molecular weight is 260 g/mol. The van der Waals surface area contributed by atoms with Crippen LogP contribution in [0.4, 0.5) is 11.4 Å². The third-order valence-corrected chi connectivity index (χ3v) is 5.35. The maximum atomic E-state index is 3.38. The Balaban J connectivity index is 2.63. The van der Waals surface area contributed by atoms with Crippen LogP contribution < -0.4 is 16.0 Å². The number of hydrogen-bond acceptors (Lipinski definition) is 3. The minimum absolute atomic E-state index is 0.440. The molecule has 2 rings (SSSR count). The van der Waals surface area contributed by atoms with Gasteiger partial charge in [-0.2, -0.15) is 0 Å². The summed E-state index contributed by atoms with van der Waals surface area (Å²) in [7, 11) is 5.57. The highest BCUT2D eigenvalue weighted by Gasteiger charge is 2.31. The summed E-state index contributed by atoms with van der Waals surface area (Å²) < 4.78 is 0. The van der Waals surface area contributed by atoms with Crippen molar-refractivity contribution in [2.24, 2.45) is 0 Å². The van der Waals surface area contributed by atoms with E-state index in [0.29, 0.717) is 5.54 Å². The minimum Gasteiger partial charge on any atom is -0.391 e. The van der Waals surface area contributed by atoms with Crippen molar-refractivity contribution in [3.8, 4) is 0 Å². The van der Waals surface area contributed by atoms with Crippen LogP contribution in [0.1, 0.15) is 16.7 Å². The molecule has 0 bridgehead atoms. The molecule has 3 N–H and O–H groups in total. The van der Waals surface area contributed by atoms with Crippen molar-refractivity contribution in [2.75, 3.05) is 31.8 Å². The van der Waals surface area contributed by atoms with E-state index in [0.717, 1.165) is 0 Å². The van der Waals surface area contributed by atoms with E-state index >= 15 is 0 Å². The van der Waals surface area contributed by atoms with Crippen LogP contribution in [0.5, 0.6) is 0 Å². The summed E-state index contributed by atoms with van der Waals surface area (Å²) >= 11 is 0. The number of allylic oxidation sites excluding steroid dienone is 1. The zero-order valence-corrected chi connectivity index (χ0v) is 12.8. The molecule has 1 aliphatic rings. The Morgan fingerprint density at radius 2 is 1.56 bits per heavy atom. The van der Waals surface area contributed by atoms with Gasteiger partial charge in [0.15, 0.2) is 0 Å². The van der Waals surface area contributed by atoms with Crippen molar-refractivity contribution >= 4 is 26.2 Å². The first-order valence-corrected chi connectivity index (χ1v) is 8.93. The van der Waals surface area contributed by atoms with Crippen LogP contribution in [0.25, 0.3) is 6.08 Å². The van der Waals surface area contributed by atoms with Crippen LogP contribution in [-0.4, -0.2) is 29.9 Å². The molecule has 97 valence electrons. The number of nitrogens with one attached hydrogen (secondary N) is 3. The second-order valence-electron chi connectivity index (χ2n) is 4.85. The van der Waals surface area contributed by atoms with Crippen molar-refractivity contribution in [3.05, 3.63) is 29.0 Å². The Kier molecular flexibility index (Phi) is 3.66. The number of hydrogen-bond donors (Lipinski definition) is 3. The Bertz CT molecular complexity index is 480. The molecular weight excluding hydrogens is 238 g/mol. The van der Waals surface area contributed by atoms with Crippen LogP contribution >= 0.6 is 0 Å². The first-order valence-electron chi connectivity index (χ1n) is 6.35. The number of fused-ring (bicyclic) bond motifs is 1. The predicted molar refractivity (Wildman–Crippen MR) is 82.8 cm³/mol. The number of rotatable bonds is 4. The number of anilines is 2. The van der Waals surface area contributed by atoms with Gasteiger partial charge in [0.1, 0.15) is 0 Å². The van der Waals surface area contributed by atoms with Gasteiger partial charge in [-0.05, 0) is 23.8 Å². The second-order valence-corrected chi connectivity index (χ2v) is 7.58. The zero-order valence-electron chi connectivity index (χ0n) is 11.8. The smallest absolute Gasteiger partial charge is 0.0576 e. The first-order chi connectivity index (χ1) is 8.63. The minimum atomic E-state index is -0.440. The van der Waals surface area contributed by atoms with Crippen molar-refractivity contribution in [1.82, 2.24) is 5.32 Å². The Labute approximate surface area is 111 Å². The fourth-order valence-corrected chi connectivity index (χ4v) is 4.49. The van der Waals surface area contributed by atoms with E-state index in [1.165, 1.54) is 28.2 Å². The molecule has 3 nitrogen and oxygen atoms in total. The van der Waals surface area contributed by atoms with Gasteiger partial charge in [0, 0.05) is 49.3 Å². The van der Waals surface area contributed by atoms with Gasteiger partial charge >= 0.3 is 0 Å². The van der Waals surface area contributed by atoms with Crippen molar-refractivity contribution in [3.63, 3.8) is 0 Å². The van der Waals surface area contributed by atoms with E-state index in [2.05, 4.69) is 47.3 Å². The fourth-order valence-electron chi connectivity index (χ4n) is 2.75. The summed E-state index contributed by atoms with van der Waals surface area (Å²) in [4.78, 5) is 0. The Morgan fingerprint density at radius 3 is 2.06 bits per heavy atom. The Hall–Kier alpha value is -1.42. The molecule has 4 heteroatoms. The zero-order chi connectivity index (χ0) is 13.3. The predicted octanol–water partition coefficient (Wildman–Crippen LogP) is 2.72. The number of likely N-dealkylation sites (N-methyl/N-ethyl adjacent to an activating group) is 1. The van der Waals surface area contributed by atoms with Crippen molar-refractivity contribution in [1.29, 1.82) is 0 Å². The van der Waals surface area contributed by atoms with Crippen LogP contribution in [0.2, 0.25) is 13.1 Å². The lowest BCUT2D eigenvalue weighted by molar-refractivity contribution is 0.914. The third-order valence-electron chi connectivity index (χ3n) is 3.59. The average Bonchev–Trinajstić information content (AvgIpc) is 2.76. The van der Waals surface area contributed by atoms with Gasteiger partial charge in [-0.15, -0.1) is 0 Å². The summed E-state index contributed by atoms with van der Waals surface area (Å²) in [6.45, 7) is 4.75. The molecule has 0 heterocycles. The van der Waals surface area contributed by atoms with E-state index < -0.39 is 8.80 Å². The van der Waals surface area contributed by atoms with Gasteiger partial charge in [-0.25, -0.2) is 0 Å². The molecule has 0 fully saturated rings. The Morgan fingerprint density at radius 1 is 0.944 bits per heavy atom. The molecule has 1 aromatic rings. The second kappa shape index (κ2) is 5.06. The highest BCUT2D eigenvalue weighted by molar-refractivity contribution is 6.59. The summed E-state index contributed by atoms with van der Waals surface area (Å²) in [6.07, 6.45) is 2.30. The van der Waals surface area contributed by atoms with Gasteiger partial charge < -0.3 is 16.0 Å². The van der Waals surface area contributed by atoms with Crippen LogP contribution in [0, 0.1) is 0 Å². The normalized spacial score (nSPS) is 17.4. The quantitative estimate of drug-likeness (QED) is 0.729. The van der Waals surface area contributed by atoms with Gasteiger partial charge in [-0.1, -0.05) is 13.1 Å². The van der Waals surface area contributed by atoms with Gasteiger partial charge in [0.25, 0.3) is 0 Å². The van der Waals surface area contributed by atoms with Crippen molar-refractivity contribution < 1.29 is 0 Å². The summed E-state index contributed by atoms with van der Waals surface area (Å²) in [5.41, 5.74) is 7.15. The molecule has 18 heavy (non-hydrogen) atoms. The molecule has 0 spiro atoms. The molecule has 1 unspecified atom stereocenters. The van der Waals surface area contributed by atoms with Gasteiger partial charge in [0.05, 0.1) is 8.80 Å². The van der Waals surface area contributed by atoms with E-state index in [4.69, 9.17) is 0 Å². The monoisotopic (exact) mass is 260 g/mol. The lowest BCUT2D eigenvalue weighted by Crippen LogP contribution is -2.23. The molecule has 0 saturated carbocycles. The standard InChI is InChI=1S/C14H22N3Si/c1-15-10-6-7-11(16-2)13-9(10)8-12(17-3)14(13)18(4)5/h6-8,14-17H,1-5H3. The topological polar surface area (TPSA) is 36.1 Å². The molecule has 0 aliphatic heterocycles. The van der Waals surface area contributed by atoms with Gasteiger partial charge in [0.2, 0.25) is 0 Å². The van der Waals surface area contributed by atoms with Crippen LogP contribution in [0.3, 0.4) is 0 Å². The van der Waals surface area contributed by atoms with Gasteiger partial charge in [-0.3, -0.25) is 0 Å². The fraction of sp³-hybridized carbons (Fsp3) is 0.429. The molecule has 1 atom stereocenters. The maximum Gasteiger partial charge on any atom is 0.0576 e. The molecule has 1 radical (unpaired) electrons. The molecule has 1 aliphatic carbocycles. The number of benzene rings is 1. The van der Waals surface area contributed by atoms with Crippen LogP contribution in [0.15, 0.2) is 17.8 Å². The highest BCUT2D eigenvalue weighted by atomic mass is 28.3. The van der Waals surface area contributed by atoms with Crippen molar-refractivity contribution in [2.45, 2.75) is 18.6 Å². The lowest BCUT2D eigenvalue weighted by atomic mass is 10.0. The SMILES string of the molecule is CNC1=Cc2c(NC)ccc(NC)c2C1[Si](C)C. The first kappa shape index (κ1) is 13.0. The summed E-state index contributed by atoms with van der Waals surface area (Å²) in [5, 5.41) is 10.0. The molecule has 0 saturated heterocycles. The van der Waals surface area contributed by atoms with Crippen LogP contribution in [-0.2, 0) is 0 Å². The molecule has 1 aromatic carbocycles. The lowest BCUT2D eigenvalue weighted by Gasteiger charge is -2.22. The molecule has 0 amide bonds.